The molecule has 12 aromatic rings. The molecule has 1 nitrogen and oxygen atoms in total. The Hall–Kier alpha value is -7.78. The van der Waals surface area contributed by atoms with E-state index in [1.807, 2.05) is 11.3 Å². The van der Waals surface area contributed by atoms with Gasteiger partial charge in [-0.15, -0.1) is 11.3 Å². The number of hydrogen-bond donors (Lipinski definition) is 0. The number of benzene rings is 10. The molecule has 0 saturated heterocycles. The molecule has 0 radical (unpaired) electrons. The van der Waals surface area contributed by atoms with Crippen molar-refractivity contribution in [3.05, 3.63) is 263 Å². The zero-order valence-corrected chi connectivity index (χ0v) is 37.7. The maximum atomic E-state index is 2.55. The predicted octanol–water partition coefficient (Wildman–Crippen LogP) is 17.0. The summed E-state index contributed by atoms with van der Waals surface area (Å²) in [6.45, 7) is 2.19. The molecule has 0 aliphatic heterocycles. The van der Waals surface area contributed by atoms with Crippen LogP contribution in [0.3, 0.4) is 0 Å². The molecule has 1 aliphatic carbocycles. The van der Waals surface area contributed by atoms with Gasteiger partial charge in [-0.3, -0.25) is 0 Å². The SMILES string of the molecule is Cc1ccc2c(c1)c1cc(-c3cc4c(c5ccccc35)-c3ccc(/C=C(/Cc5ccccc5)c5cccc6sc7ccccc7c56)cc3C4(c3ccccc3)c3ccccc3)ccc1n2C. The Balaban J connectivity index is 1.09. The van der Waals surface area contributed by atoms with Gasteiger partial charge in [0, 0.05) is 49.0 Å². The molecule has 1 aliphatic rings. The Morgan fingerprint density at radius 3 is 1.89 bits per heavy atom. The number of hydrogen-bond acceptors (Lipinski definition) is 1. The fourth-order valence-electron chi connectivity index (χ4n) is 11.5. The van der Waals surface area contributed by atoms with Crippen LogP contribution in [0.15, 0.2) is 218 Å². The molecule has 0 saturated carbocycles. The van der Waals surface area contributed by atoms with Crippen LogP contribution < -0.4 is 0 Å². The zero-order chi connectivity index (χ0) is 43.9. The van der Waals surface area contributed by atoms with Gasteiger partial charge in [0.15, 0.2) is 0 Å². The van der Waals surface area contributed by atoms with Gasteiger partial charge < -0.3 is 4.57 Å². The Kier molecular flexibility index (Phi) is 8.88. The van der Waals surface area contributed by atoms with Crippen molar-refractivity contribution in [2.75, 3.05) is 0 Å². The second kappa shape index (κ2) is 15.2. The van der Waals surface area contributed by atoms with Gasteiger partial charge in [0.05, 0.1) is 5.41 Å². The van der Waals surface area contributed by atoms with Crippen LogP contribution in [0.25, 0.3) is 86.7 Å². The summed E-state index contributed by atoms with van der Waals surface area (Å²) in [7, 11) is 2.19. The van der Waals surface area contributed by atoms with Crippen molar-refractivity contribution < 1.29 is 0 Å². The summed E-state index contributed by atoms with van der Waals surface area (Å²) in [5.74, 6) is 0. The van der Waals surface area contributed by atoms with Crippen LogP contribution in [0.4, 0.5) is 0 Å². The Labute approximate surface area is 389 Å². The molecule has 0 unspecified atom stereocenters. The van der Waals surface area contributed by atoms with Crippen LogP contribution in [0.2, 0.25) is 0 Å². The third kappa shape index (κ3) is 5.85. The predicted molar refractivity (Wildman–Crippen MR) is 283 cm³/mol. The summed E-state index contributed by atoms with van der Waals surface area (Å²) in [5.41, 5.74) is 18.5. The summed E-state index contributed by atoms with van der Waals surface area (Å²) in [6.07, 6.45) is 3.29. The van der Waals surface area contributed by atoms with Gasteiger partial charge in [0.1, 0.15) is 0 Å². The highest BCUT2D eigenvalue weighted by Gasteiger charge is 2.47. The highest BCUT2D eigenvalue weighted by molar-refractivity contribution is 7.25. The van der Waals surface area contributed by atoms with Crippen molar-refractivity contribution in [1.82, 2.24) is 4.57 Å². The average molecular weight is 860 g/mol. The van der Waals surface area contributed by atoms with Crippen molar-refractivity contribution in [3.8, 4) is 22.3 Å². The lowest BCUT2D eigenvalue weighted by Gasteiger charge is -2.34. The monoisotopic (exact) mass is 859 g/mol. The molecule has 2 heterocycles. The normalized spacial score (nSPS) is 13.3. The maximum Gasteiger partial charge on any atom is 0.0714 e. The van der Waals surface area contributed by atoms with E-state index in [9.17, 15) is 0 Å². The molecule has 0 atom stereocenters. The summed E-state index contributed by atoms with van der Waals surface area (Å²) in [5, 5.41) is 7.78. The van der Waals surface area contributed by atoms with Crippen molar-refractivity contribution in [3.63, 3.8) is 0 Å². The van der Waals surface area contributed by atoms with E-state index >= 15 is 0 Å². The standard InChI is InChI=1S/C64H45NS/c1-41-29-33-58-54(35-41)55-39-44(31-34-59(55)65(58)2)53-40-57-62(50-24-13-12-23-49(50)53)51-32-30-43(38-56(51)64(57,46-19-8-4-9-20-46)47-21-10-5-11-22-47)37-45(36-42-17-6-3-7-18-42)48-26-16-28-61-63(48)52-25-14-15-27-60(52)66-61/h3-35,37-40H,36H2,1-2H3/b45-37-. The topological polar surface area (TPSA) is 4.93 Å². The van der Waals surface area contributed by atoms with Crippen LogP contribution in [0.1, 0.15) is 44.5 Å². The van der Waals surface area contributed by atoms with Gasteiger partial charge in [0.2, 0.25) is 0 Å². The quantitative estimate of drug-likeness (QED) is 0.141. The van der Waals surface area contributed by atoms with Crippen molar-refractivity contribution in [2.45, 2.75) is 18.8 Å². The molecule has 0 N–H and O–H groups in total. The van der Waals surface area contributed by atoms with Crippen LogP contribution in [-0.4, -0.2) is 4.57 Å². The van der Waals surface area contributed by atoms with E-state index in [4.69, 9.17) is 0 Å². The highest BCUT2D eigenvalue weighted by Crippen LogP contribution is 2.59. The summed E-state index contributed by atoms with van der Waals surface area (Å²) in [4.78, 5) is 0. The van der Waals surface area contributed by atoms with Crippen LogP contribution >= 0.6 is 11.3 Å². The first-order valence-electron chi connectivity index (χ1n) is 23.0. The first-order chi connectivity index (χ1) is 32.5. The minimum absolute atomic E-state index is 0.598. The number of aryl methyl sites for hydroxylation is 2. The van der Waals surface area contributed by atoms with Gasteiger partial charge in [-0.05, 0) is 139 Å². The molecular weight excluding hydrogens is 815 g/mol. The zero-order valence-electron chi connectivity index (χ0n) is 36.9. The van der Waals surface area contributed by atoms with E-state index < -0.39 is 5.41 Å². The molecule has 0 spiro atoms. The fourth-order valence-corrected chi connectivity index (χ4v) is 12.6. The number of rotatable bonds is 7. The summed E-state index contributed by atoms with van der Waals surface area (Å²) >= 11 is 1.88. The first-order valence-corrected chi connectivity index (χ1v) is 23.8. The van der Waals surface area contributed by atoms with E-state index in [1.54, 1.807) is 0 Å². The second-order valence-corrected chi connectivity index (χ2v) is 19.2. The molecular formula is C64H45NS. The van der Waals surface area contributed by atoms with E-state index in [0.717, 1.165) is 6.42 Å². The second-order valence-electron chi connectivity index (χ2n) is 18.1. The molecule has 0 bridgehead atoms. The van der Waals surface area contributed by atoms with Crippen molar-refractivity contribution in [1.29, 1.82) is 0 Å². The summed E-state index contributed by atoms with van der Waals surface area (Å²) in [6, 6.07) is 82.1. The van der Waals surface area contributed by atoms with Gasteiger partial charge in [-0.2, -0.15) is 0 Å². The lowest BCUT2D eigenvalue weighted by molar-refractivity contribution is 0.769. The van der Waals surface area contributed by atoms with E-state index in [2.05, 4.69) is 243 Å². The smallest absolute Gasteiger partial charge is 0.0714 e. The maximum absolute atomic E-state index is 2.55. The number of fused-ring (bicyclic) bond motifs is 11. The van der Waals surface area contributed by atoms with Gasteiger partial charge in [0.25, 0.3) is 0 Å². The van der Waals surface area contributed by atoms with Gasteiger partial charge in [-0.25, -0.2) is 0 Å². The molecule has 2 aromatic heterocycles. The Morgan fingerprint density at radius 1 is 0.500 bits per heavy atom. The number of nitrogens with zero attached hydrogens (tertiary/aromatic N) is 1. The molecule has 0 amide bonds. The number of allylic oxidation sites excluding steroid dienone is 1. The van der Waals surface area contributed by atoms with Crippen molar-refractivity contribution in [2.24, 2.45) is 7.05 Å². The van der Waals surface area contributed by atoms with Gasteiger partial charge >= 0.3 is 0 Å². The first kappa shape index (κ1) is 38.7. The van der Waals surface area contributed by atoms with Crippen LogP contribution in [0.5, 0.6) is 0 Å². The minimum atomic E-state index is -0.598. The molecule has 312 valence electrons. The Bertz CT molecular complexity index is 3870. The van der Waals surface area contributed by atoms with E-state index in [-0.39, 0.29) is 0 Å². The van der Waals surface area contributed by atoms with Gasteiger partial charge in [-0.1, -0.05) is 181 Å². The molecule has 66 heavy (non-hydrogen) atoms. The largest absolute Gasteiger partial charge is 0.344 e. The van der Waals surface area contributed by atoms with Crippen molar-refractivity contribution >= 4 is 75.7 Å². The average Bonchev–Trinajstić information content (AvgIpc) is 3.99. The number of thiophene rings is 1. The third-order valence-electron chi connectivity index (χ3n) is 14.4. The van der Waals surface area contributed by atoms with E-state index in [0.29, 0.717) is 0 Å². The minimum Gasteiger partial charge on any atom is -0.344 e. The highest BCUT2D eigenvalue weighted by atomic mass is 32.1. The van der Waals surface area contributed by atoms with Crippen LogP contribution in [-0.2, 0) is 18.9 Å². The lowest BCUT2D eigenvalue weighted by atomic mass is 9.67. The molecule has 0 fully saturated rings. The third-order valence-corrected chi connectivity index (χ3v) is 15.5. The Morgan fingerprint density at radius 2 is 1.14 bits per heavy atom. The van der Waals surface area contributed by atoms with E-state index in [1.165, 1.54) is 125 Å². The fraction of sp³-hybridized carbons (Fsp3) is 0.0625. The summed E-state index contributed by atoms with van der Waals surface area (Å²) < 4.78 is 4.98. The lowest BCUT2D eigenvalue weighted by Crippen LogP contribution is -2.28. The molecule has 2 heteroatoms. The van der Waals surface area contributed by atoms with Crippen LogP contribution in [0, 0.1) is 6.92 Å². The molecule has 10 aromatic carbocycles. The molecule has 13 rings (SSSR count). The number of aromatic nitrogens is 1.